The van der Waals surface area contributed by atoms with Gasteiger partial charge in [-0.3, -0.25) is 4.98 Å². The van der Waals surface area contributed by atoms with E-state index >= 15 is 0 Å². The standard InChI is InChI=1S/C24H19ClN2O2/c25-22-14-19(20(15-28)13-17-9-11-26-12-10-17)6-8-24(22)29-16-21-7-5-18-3-1-2-4-23(18)27-21/h1-12,14-15,20H,13,16H2. The van der Waals surface area contributed by atoms with Gasteiger partial charge >= 0.3 is 0 Å². The van der Waals surface area contributed by atoms with Gasteiger partial charge in [0.05, 0.1) is 16.2 Å². The number of pyridine rings is 2. The van der Waals surface area contributed by atoms with Gasteiger partial charge in [-0.2, -0.15) is 0 Å². The summed E-state index contributed by atoms with van der Waals surface area (Å²) in [5, 5.41) is 1.57. The van der Waals surface area contributed by atoms with E-state index in [2.05, 4.69) is 9.97 Å². The van der Waals surface area contributed by atoms with E-state index in [-0.39, 0.29) is 5.92 Å². The molecule has 0 aliphatic heterocycles. The van der Waals surface area contributed by atoms with Crippen molar-refractivity contribution in [3.05, 3.63) is 101 Å². The number of nitrogens with zero attached hydrogens (tertiary/aromatic N) is 2. The maximum Gasteiger partial charge on any atom is 0.138 e. The number of aldehydes is 1. The number of para-hydroxylation sites is 1. The smallest absolute Gasteiger partial charge is 0.138 e. The van der Waals surface area contributed by atoms with Crippen molar-refractivity contribution in [2.45, 2.75) is 18.9 Å². The van der Waals surface area contributed by atoms with E-state index in [1.807, 2.05) is 60.7 Å². The van der Waals surface area contributed by atoms with E-state index in [9.17, 15) is 4.79 Å². The SMILES string of the molecule is O=CC(Cc1ccncc1)c1ccc(OCc2ccc3ccccc3n2)c(Cl)c1. The van der Waals surface area contributed by atoms with Gasteiger partial charge in [0.25, 0.3) is 0 Å². The van der Waals surface area contributed by atoms with Crippen LogP contribution in [0.3, 0.4) is 0 Å². The van der Waals surface area contributed by atoms with Crippen molar-refractivity contribution in [3.63, 3.8) is 0 Å². The van der Waals surface area contributed by atoms with Crippen molar-refractivity contribution in [1.29, 1.82) is 0 Å². The fourth-order valence-corrected chi connectivity index (χ4v) is 3.47. The first-order valence-corrected chi connectivity index (χ1v) is 9.72. The van der Waals surface area contributed by atoms with E-state index in [4.69, 9.17) is 16.3 Å². The summed E-state index contributed by atoms with van der Waals surface area (Å²) in [6.45, 7) is 0.317. The summed E-state index contributed by atoms with van der Waals surface area (Å²) in [5.74, 6) is 0.296. The molecule has 0 bridgehead atoms. The van der Waals surface area contributed by atoms with Crippen LogP contribution < -0.4 is 4.74 Å². The minimum absolute atomic E-state index is 0.272. The van der Waals surface area contributed by atoms with Crippen LogP contribution in [0.5, 0.6) is 5.75 Å². The molecule has 5 heteroatoms. The molecule has 2 aromatic carbocycles. The van der Waals surface area contributed by atoms with Crippen molar-refractivity contribution in [2.24, 2.45) is 0 Å². The lowest BCUT2D eigenvalue weighted by molar-refractivity contribution is -0.109. The topological polar surface area (TPSA) is 52.1 Å². The molecule has 2 aromatic heterocycles. The maximum atomic E-state index is 11.6. The Morgan fingerprint density at radius 3 is 2.62 bits per heavy atom. The van der Waals surface area contributed by atoms with Crippen LogP contribution in [0.4, 0.5) is 0 Å². The van der Waals surface area contributed by atoms with Crippen molar-refractivity contribution in [1.82, 2.24) is 9.97 Å². The first-order chi connectivity index (χ1) is 14.2. The highest BCUT2D eigenvalue weighted by Gasteiger charge is 2.14. The summed E-state index contributed by atoms with van der Waals surface area (Å²) in [5.41, 5.74) is 3.67. The third-order valence-corrected chi connectivity index (χ3v) is 5.08. The zero-order valence-electron chi connectivity index (χ0n) is 15.7. The van der Waals surface area contributed by atoms with Crippen LogP contribution in [0.15, 0.2) is 79.1 Å². The fourth-order valence-electron chi connectivity index (χ4n) is 3.22. The Bertz CT molecular complexity index is 1130. The first-order valence-electron chi connectivity index (χ1n) is 9.34. The number of aromatic nitrogens is 2. The number of ether oxygens (including phenoxy) is 1. The van der Waals surface area contributed by atoms with Gasteiger partial charge in [-0.25, -0.2) is 4.98 Å². The summed E-state index contributed by atoms with van der Waals surface area (Å²) >= 11 is 6.42. The number of carbonyl (C=O) groups excluding carboxylic acids is 1. The molecule has 1 unspecified atom stereocenters. The molecule has 0 spiro atoms. The van der Waals surface area contributed by atoms with E-state index in [1.165, 1.54) is 0 Å². The van der Waals surface area contributed by atoms with Gasteiger partial charge in [0.15, 0.2) is 0 Å². The average Bonchev–Trinajstić information content (AvgIpc) is 2.77. The zero-order chi connectivity index (χ0) is 20.1. The van der Waals surface area contributed by atoms with Crippen molar-refractivity contribution in [2.75, 3.05) is 0 Å². The van der Waals surface area contributed by atoms with Crippen LogP contribution in [-0.4, -0.2) is 16.3 Å². The molecule has 2 heterocycles. The Balaban J connectivity index is 1.46. The highest BCUT2D eigenvalue weighted by Crippen LogP contribution is 2.30. The maximum absolute atomic E-state index is 11.6. The second kappa shape index (κ2) is 8.84. The third-order valence-electron chi connectivity index (χ3n) is 4.78. The van der Waals surface area contributed by atoms with Crippen LogP contribution in [0, 0.1) is 0 Å². The Labute approximate surface area is 174 Å². The van der Waals surface area contributed by atoms with E-state index in [0.717, 1.165) is 34.0 Å². The van der Waals surface area contributed by atoms with Crippen molar-refractivity contribution >= 4 is 28.8 Å². The van der Waals surface area contributed by atoms with Crippen LogP contribution in [-0.2, 0) is 17.8 Å². The van der Waals surface area contributed by atoms with E-state index < -0.39 is 0 Å². The summed E-state index contributed by atoms with van der Waals surface area (Å²) in [6.07, 6.45) is 5.00. The molecule has 4 nitrogen and oxygen atoms in total. The summed E-state index contributed by atoms with van der Waals surface area (Å²) in [7, 11) is 0. The first kappa shape index (κ1) is 19.1. The van der Waals surface area contributed by atoms with Gasteiger partial charge in [-0.1, -0.05) is 41.9 Å². The fraction of sp³-hybridized carbons (Fsp3) is 0.125. The number of carbonyl (C=O) groups is 1. The second-order valence-corrected chi connectivity index (χ2v) is 7.18. The van der Waals surface area contributed by atoms with Crippen molar-refractivity contribution in [3.8, 4) is 5.75 Å². The Morgan fingerprint density at radius 2 is 1.83 bits per heavy atom. The monoisotopic (exact) mass is 402 g/mol. The minimum atomic E-state index is -0.272. The highest BCUT2D eigenvalue weighted by atomic mass is 35.5. The molecule has 0 saturated carbocycles. The second-order valence-electron chi connectivity index (χ2n) is 6.78. The lowest BCUT2D eigenvalue weighted by Gasteiger charge is -2.14. The predicted molar refractivity (Wildman–Crippen MR) is 114 cm³/mol. The quantitative estimate of drug-likeness (QED) is 0.389. The molecule has 0 aliphatic carbocycles. The number of hydrogen-bond donors (Lipinski definition) is 0. The molecule has 4 aromatic rings. The predicted octanol–water partition coefficient (Wildman–Crippen LogP) is 5.39. The highest BCUT2D eigenvalue weighted by molar-refractivity contribution is 6.32. The van der Waals surface area contributed by atoms with Crippen molar-refractivity contribution < 1.29 is 9.53 Å². The Kier molecular flexibility index (Phi) is 5.82. The lowest BCUT2D eigenvalue weighted by Crippen LogP contribution is -2.05. The van der Waals surface area contributed by atoms with E-state index in [0.29, 0.717) is 23.8 Å². The summed E-state index contributed by atoms with van der Waals surface area (Å²) in [4.78, 5) is 20.2. The van der Waals surface area contributed by atoms with Crippen LogP contribution in [0.1, 0.15) is 22.7 Å². The minimum Gasteiger partial charge on any atom is -0.486 e. The van der Waals surface area contributed by atoms with Crippen LogP contribution in [0.25, 0.3) is 10.9 Å². The molecule has 0 radical (unpaired) electrons. The van der Waals surface area contributed by atoms with Gasteiger partial charge in [0, 0.05) is 23.7 Å². The van der Waals surface area contributed by atoms with Gasteiger partial charge in [-0.05, 0) is 53.9 Å². The number of rotatable bonds is 7. The molecule has 0 saturated heterocycles. The molecule has 4 rings (SSSR count). The lowest BCUT2D eigenvalue weighted by atomic mass is 9.93. The number of fused-ring (bicyclic) bond motifs is 1. The van der Waals surface area contributed by atoms with Crippen LogP contribution in [0.2, 0.25) is 5.02 Å². The molecule has 0 N–H and O–H groups in total. The molecule has 0 aliphatic rings. The van der Waals surface area contributed by atoms with Gasteiger partial charge in [0.1, 0.15) is 18.6 Å². The Morgan fingerprint density at radius 1 is 1.00 bits per heavy atom. The average molecular weight is 403 g/mol. The number of benzene rings is 2. The molecular weight excluding hydrogens is 384 g/mol. The van der Waals surface area contributed by atoms with Gasteiger partial charge in [-0.15, -0.1) is 0 Å². The molecule has 0 amide bonds. The normalized spacial score (nSPS) is 11.9. The summed E-state index contributed by atoms with van der Waals surface area (Å²) < 4.78 is 5.87. The number of halogens is 1. The molecule has 1 atom stereocenters. The molecule has 29 heavy (non-hydrogen) atoms. The molecule has 0 fully saturated rings. The van der Waals surface area contributed by atoms with Crippen LogP contribution >= 0.6 is 11.6 Å². The van der Waals surface area contributed by atoms with E-state index in [1.54, 1.807) is 18.5 Å². The zero-order valence-corrected chi connectivity index (χ0v) is 16.4. The Hall–Kier alpha value is -3.24. The van der Waals surface area contributed by atoms with Gasteiger partial charge < -0.3 is 9.53 Å². The molecule has 144 valence electrons. The molecular formula is C24H19ClN2O2. The van der Waals surface area contributed by atoms with Gasteiger partial charge in [0.2, 0.25) is 0 Å². The largest absolute Gasteiger partial charge is 0.486 e. The summed E-state index contributed by atoms with van der Waals surface area (Å²) in [6, 6.07) is 21.2. The third kappa shape index (κ3) is 4.61. The number of hydrogen-bond acceptors (Lipinski definition) is 4.